The lowest BCUT2D eigenvalue weighted by Crippen LogP contribution is -2.29. The Balaban J connectivity index is 1.82. The van der Waals surface area contributed by atoms with Gasteiger partial charge in [-0.2, -0.15) is 0 Å². The Bertz CT molecular complexity index is 361. The molecule has 2 unspecified atom stereocenters. The lowest BCUT2D eigenvalue weighted by Gasteiger charge is -2.23. The average molecular weight is 260 g/mol. The average Bonchev–Trinajstić information content (AvgIpc) is 3.05. The second-order valence-electron chi connectivity index (χ2n) is 6.35. The maximum atomic E-state index is 2.65. The first-order valence-corrected chi connectivity index (χ1v) is 7.56. The molecule has 19 heavy (non-hydrogen) atoms. The first-order chi connectivity index (χ1) is 9.15. The van der Waals surface area contributed by atoms with Crippen molar-refractivity contribution in [1.82, 2.24) is 9.80 Å². The molecule has 2 atom stereocenters. The summed E-state index contributed by atoms with van der Waals surface area (Å²) < 4.78 is 0. The van der Waals surface area contributed by atoms with Gasteiger partial charge in [0.15, 0.2) is 0 Å². The second-order valence-corrected chi connectivity index (χ2v) is 6.35. The fourth-order valence-electron chi connectivity index (χ4n) is 2.67. The molecule has 1 aliphatic rings. The zero-order valence-electron chi connectivity index (χ0n) is 12.7. The minimum absolute atomic E-state index is 0.947. The third-order valence-electron chi connectivity index (χ3n) is 4.10. The third-order valence-corrected chi connectivity index (χ3v) is 4.10. The maximum Gasteiger partial charge on any atom is 0.0233 e. The molecule has 2 heteroatoms. The summed E-state index contributed by atoms with van der Waals surface area (Å²) in [6, 6.07) is 10.9. The minimum atomic E-state index is 0.947. The van der Waals surface area contributed by atoms with Crippen LogP contribution >= 0.6 is 0 Å². The number of benzene rings is 1. The molecule has 0 radical (unpaired) electrons. The van der Waals surface area contributed by atoms with E-state index in [-0.39, 0.29) is 0 Å². The van der Waals surface area contributed by atoms with Crippen LogP contribution in [0.5, 0.6) is 0 Å². The number of hydrogen-bond acceptors (Lipinski definition) is 2. The van der Waals surface area contributed by atoms with Gasteiger partial charge in [0.1, 0.15) is 0 Å². The van der Waals surface area contributed by atoms with Crippen LogP contribution in [0.3, 0.4) is 0 Å². The molecular formula is C17H28N2. The predicted molar refractivity (Wildman–Crippen MR) is 82.2 cm³/mol. The van der Waals surface area contributed by atoms with Crippen molar-refractivity contribution in [1.29, 1.82) is 0 Å². The van der Waals surface area contributed by atoms with Gasteiger partial charge in [0.05, 0.1) is 0 Å². The standard InChI is InChI=1S/C17H28N2/c1-15-12-17(15)14-19(11-7-10-18(2)3)13-16-8-5-4-6-9-16/h4-6,8-9,15,17H,7,10-14H2,1-3H3. The fourth-order valence-corrected chi connectivity index (χ4v) is 2.67. The molecule has 0 aromatic heterocycles. The van der Waals surface area contributed by atoms with E-state index in [2.05, 4.69) is 61.2 Å². The highest BCUT2D eigenvalue weighted by Gasteiger charge is 2.33. The largest absolute Gasteiger partial charge is 0.309 e. The highest BCUT2D eigenvalue weighted by atomic mass is 15.1. The van der Waals surface area contributed by atoms with E-state index in [4.69, 9.17) is 0 Å². The topological polar surface area (TPSA) is 6.48 Å². The van der Waals surface area contributed by atoms with E-state index >= 15 is 0 Å². The summed E-state index contributed by atoms with van der Waals surface area (Å²) in [4.78, 5) is 4.92. The van der Waals surface area contributed by atoms with Crippen LogP contribution in [-0.4, -0.2) is 43.5 Å². The summed E-state index contributed by atoms with van der Waals surface area (Å²) in [5.74, 6) is 1.90. The second kappa shape index (κ2) is 7.06. The molecule has 0 saturated heterocycles. The Morgan fingerprint density at radius 3 is 2.37 bits per heavy atom. The number of hydrogen-bond donors (Lipinski definition) is 0. The summed E-state index contributed by atoms with van der Waals surface area (Å²) in [7, 11) is 4.31. The van der Waals surface area contributed by atoms with Crippen LogP contribution in [0, 0.1) is 11.8 Å². The highest BCUT2D eigenvalue weighted by Crippen LogP contribution is 2.38. The van der Waals surface area contributed by atoms with Crippen molar-refractivity contribution >= 4 is 0 Å². The highest BCUT2D eigenvalue weighted by molar-refractivity contribution is 5.14. The lowest BCUT2D eigenvalue weighted by atomic mass is 10.2. The van der Waals surface area contributed by atoms with Crippen LogP contribution in [0.1, 0.15) is 25.3 Å². The summed E-state index contributed by atoms with van der Waals surface area (Å²) >= 11 is 0. The van der Waals surface area contributed by atoms with E-state index in [1.807, 2.05) is 0 Å². The van der Waals surface area contributed by atoms with Crippen molar-refractivity contribution in [2.75, 3.05) is 33.7 Å². The van der Waals surface area contributed by atoms with E-state index in [9.17, 15) is 0 Å². The van der Waals surface area contributed by atoms with Gasteiger partial charge in [-0.05, 0) is 57.4 Å². The monoisotopic (exact) mass is 260 g/mol. The molecule has 1 aromatic carbocycles. The van der Waals surface area contributed by atoms with E-state index in [0.29, 0.717) is 0 Å². The summed E-state index contributed by atoms with van der Waals surface area (Å²) in [5, 5.41) is 0. The van der Waals surface area contributed by atoms with Gasteiger partial charge in [-0.15, -0.1) is 0 Å². The molecule has 0 spiro atoms. The molecule has 0 N–H and O–H groups in total. The Kier molecular flexibility index (Phi) is 5.41. The van der Waals surface area contributed by atoms with Gasteiger partial charge in [-0.25, -0.2) is 0 Å². The zero-order valence-corrected chi connectivity index (χ0v) is 12.7. The molecule has 1 fully saturated rings. The quantitative estimate of drug-likeness (QED) is 0.708. The van der Waals surface area contributed by atoms with Gasteiger partial charge in [-0.3, -0.25) is 4.90 Å². The Hall–Kier alpha value is -0.860. The summed E-state index contributed by atoms with van der Waals surface area (Å²) in [5.41, 5.74) is 1.45. The SMILES string of the molecule is CC1CC1CN(CCCN(C)C)Cc1ccccc1. The molecule has 2 nitrogen and oxygen atoms in total. The fraction of sp³-hybridized carbons (Fsp3) is 0.647. The van der Waals surface area contributed by atoms with Crippen LogP contribution in [0.25, 0.3) is 0 Å². The van der Waals surface area contributed by atoms with E-state index < -0.39 is 0 Å². The van der Waals surface area contributed by atoms with Crippen molar-refractivity contribution in [2.24, 2.45) is 11.8 Å². The first kappa shape index (κ1) is 14.5. The molecule has 1 saturated carbocycles. The van der Waals surface area contributed by atoms with Gasteiger partial charge in [0.2, 0.25) is 0 Å². The first-order valence-electron chi connectivity index (χ1n) is 7.56. The Labute approximate surface area is 118 Å². The van der Waals surface area contributed by atoms with Crippen LogP contribution < -0.4 is 0 Å². The van der Waals surface area contributed by atoms with Gasteiger partial charge in [-0.1, -0.05) is 37.3 Å². The van der Waals surface area contributed by atoms with Gasteiger partial charge < -0.3 is 4.90 Å². The third kappa shape index (κ3) is 5.33. The Morgan fingerprint density at radius 1 is 1.11 bits per heavy atom. The van der Waals surface area contributed by atoms with Crippen molar-refractivity contribution in [3.63, 3.8) is 0 Å². The van der Waals surface area contributed by atoms with Crippen molar-refractivity contribution in [3.05, 3.63) is 35.9 Å². The van der Waals surface area contributed by atoms with E-state index in [0.717, 1.165) is 18.4 Å². The van der Waals surface area contributed by atoms with Gasteiger partial charge in [0, 0.05) is 13.1 Å². The molecule has 2 rings (SSSR count). The smallest absolute Gasteiger partial charge is 0.0233 e. The van der Waals surface area contributed by atoms with E-state index in [1.54, 1.807) is 0 Å². The lowest BCUT2D eigenvalue weighted by molar-refractivity contribution is 0.235. The molecule has 0 aliphatic heterocycles. The van der Waals surface area contributed by atoms with Crippen molar-refractivity contribution in [3.8, 4) is 0 Å². The molecule has 1 aromatic rings. The molecule has 0 bridgehead atoms. The minimum Gasteiger partial charge on any atom is -0.309 e. The predicted octanol–water partition coefficient (Wildman–Crippen LogP) is 3.10. The Morgan fingerprint density at radius 2 is 1.79 bits per heavy atom. The number of nitrogens with zero attached hydrogens (tertiary/aromatic N) is 2. The van der Waals surface area contributed by atoms with Crippen LogP contribution in [0.2, 0.25) is 0 Å². The van der Waals surface area contributed by atoms with Crippen LogP contribution in [-0.2, 0) is 6.54 Å². The van der Waals surface area contributed by atoms with Crippen molar-refractivity contribution in [2.45, 2.75) is 26.3 Å². The van der Waals surface area contributed by atoms with Gasteiger partial charge >= 0.3 is 0 Å². The molecule has 1 aliphatic carbocycles. The molecule has 0 heterocycles. The molecule has 0 amide bonds. The summed E-state index contributed by atoms with van der Waals surface area (Å²) in [6.45, 7) is 7.17. The molecular weight excluding hydrogens is 232 g/mol. The van der Waals surface area contributed by atoms with Gasteiger partial charge in [0.25, 0.3) is 0 Å². The number of rotatable bonds is 8. The van der Waals surface area contributed by atoms with Crippen LogP contribution in [0.15, 0.2) is 30.3 Å². The van der Waals surface area contributed by atoms with Crippen molar-refractivity contribution < 1.29 is 0 Å². The molecule has 106 valence electrons. The summed E-state index contributed by atoms with van der Waals surface area (Å²) in [6.07, 6.45) is 2.69. The zero-order chi connectivity index (χ0) is 13.7. The normalized spacial score (nSPS) is 22.2. The van der Waals surface area contributed by atoms with Crippen LogP contribution in [0.4, 0.5) is 0 Å². The van der Waals surface area contributed by atoms with E-state index in [1.165, 1.54) is 38.0 Å². The maximum absolute atomic E-state index is 2.65.